The van der Waals surface area contributed by atoms with Crippen molar-refractivity contribution in [2.24, 2.45) is 7.05 Å². The molecule has 3 aromatic carbocycles. The molecule has 0 saturated carbocycles. The van der Waals surface area contributed by atoms with Gasteiger partial charge in [-0.2, -0.15) is 5.26 Å². The Kier molecular flexibility index (Phi) is 9.14. The van der Waals surface area contributed by atoms with Crippen molar-refractivity contribution in [1.29, 1.82) is 5.26 Å². The maximum Gasteiger partial charge on any atom is 0.127 e. The van der Waals surface area contributed by atoms with Crippen molar-refractivity contribution in [3.63, 3.8) is 0 Å². The van der Waals surface area contributed by atoms with Gasteiger partial charge in [-0.3, -0.25) is 0 Å². The van der Waals surface area contributed by atoms with E-state index in [4.69, 9.17) is 21.3 Å². The van der Waals surface area contributed by atoms with Gasteiger partial charge in [0, 0.05) is 45.0 Å². The summed E-state index contributed by atoms with van der Waals surface area (Å²) in [6, 6.07) is 26.2. The van der Waals surface area contributed by atoms with E-state index in [1.54, 1.807) is 0 Å². The van der Waals surface area contributed by atoms with Gasteiger partial charge >= 0.3 is 0 Å². The molecule has 0 N–H and O–H groups in total. The maximum absolute atomic E-state index is 9.20. The van der Waals surface area contributed by atoms with Crippen LogP contribution in [0.4, 0.5) is 0 Å². The molecule has 0 amide bonds. The topological polar surface area (TPSA) is 54.1 Å². The van der Waals surface area contributed by atoms with Crippen LogP contribution in [0.25, 0.3) is 22.2 Å². The quantitative estimate of drug-likeness (QED) is 0.148. The number of piperidine rings is 1. The molecule has 0 radical (unpaired) electrons. The van der Waals surface area contributed by atoms with Gasteiger partial charge in [0.2, 0.25) is 0 Å². The predicted molar refractivity (Wildman–Crippen MR) is 177 cm³/mol. The van der Waals surface area contributed by atoms with Crippen LogP contribution in [-0.4, -0.2) is 34.1 Å². The van der Waals surface area contributed by atoms with Crippen LogP contribution in [0.5, 0.6) is 11.5 Å². The summed E-state index contributed by atoms with van der Waals surface area (Å²) in [5.41, 5.74) is 5.55. The Balaban J connectivity index is 0.999. The summed E-state index contributed by atoms with van der Waals surface area (Å²) < 4.78 is 8.26. The summed E-state index contributed by atoms with van der Waals surface area (Å²) in [5, 5.41) is 12.4. The van der Waals surface area contributed by atoms with Crippen LogP contribution in [0.2, 0.25) is 5.02 Å². The van der Waals surface area contributed by atoms with Crippen molar-refractivity contribution in [2.45, 2.75) is 51.4 Å². The fourth-order valence-corrected chi connectivity index (χ4v) is 7.41. The zero-order valence-electron chi connectivity index (χ0n) is 24.9. The van der Waals surface area contributed by atoms with E-state index in [1.807, 2.05) is 59.9 Å². The van der Waals surface area contributed by atoms with Gasteiger partial charge in [0.25, 0.3) is 0 Å². The maximum atomic E-state index is 9.20. The Bertz CT molecular complexity index is 1720. The molecule has 1 saturated heterocycles. The Labute approximate surface area is 263 Å². The monoisotopic (exact) mass is 608 g/mol. The number of aryl methyl sites for hydroxylation is 3. The van der Waals surface area contributed by atoms with E-state index < -0.39 is 0 Å². The van der Waals surface area contributed by atoms with Gasteiger partial charge in [-0.25, -0.2) is 4.98 Å². The molecule has 1 aliphatic heterocycles. The Hall–Kier alpha value is -3.63. The highest BCUT2D eigenvalue weighted by atomic mass is 35.5. The number of benzene rings is 3. The molecule has 6 rings (SSSR count). The number of hydrogen-bond donors (Lipinski definition) is 0. The van der Waals surface area contributed by atoms with Crippen LogP contribution >= 0.6 is 22.9 Å². The number of unbranched alkanes of at least 4 members (excludes halogenated alkanes) is 1. The smallest absolute Gasteiger partial charge is 0.127 e. The zero-order chi connectivity index (χ0) is 29.8. The number of halogens is 1. The highest BCUT2D eigenvalue weighted by molar-refractivity contribution is 7.12. The van der Waals surface area contributed by atoms with Crippen LogP contribution in [-0.2, 0) is 19.9 Å². The lowest BCUT2D eigenvalue weighted by molar-refractivity contribution is 0.208. The average molecular weight is 609 g/mol. The first-order chi connectivity index (χ1) is 21.0. The summed E-state index contributed by atoms with van der Waals surface area (Å²) in [4.78, 5) is 9.19. The predicted octanol–water partition coefficient (Wildman–Crippen LogP) is 9.38. The summed E-state index contributed by atoms with van der Waals surface area (Å²) >= 11 is 7.89. The standard InChI is InChI=1S/C36H37ClN4OS/c1-3-34-35(26-8-12-31(13-9-26)42-32-14-10-29(37)11-15-32)39-36(43-34)27-17-20-41(21-18-27)19-5-4-6-30-23-28-22-25(24-38)7-16-33(28)40(30)2/h7-16,22-23,27H,3-6,17-21H2,1-2H3. The number of rotatable bonds is 10. The first-order valence-corrected chi connectivity index (χ1v) is 16.4. The van der Waals surface area contributed by atoms with Gasteiger partial charge in [-0.1, -0.05) is 18.5 Å². The molecule has 0 aliphatic carbocycles. The number of aromatic nitrogens is 2. The molecule has 0 atom stereocenters. The minimum Gasteiger partial charge on any atom is -0.457 e. The second-order valence-corrected chi connectivity index (χ2v) is 13.0. The van der Waals surface area contributed by atoms with E-state index in [-0.39, 0.29) is 0 Å². The van der Waals surface area contributed by atoms with Gasteiger partial charge in [0.05, 0.1) is 22.3 Å². The number of thiazole rings is 1. The van der Waals surface area contributed by atoms with E-state index in [0.717, 1.165) is 66.2 Å². The van der Waals surface area contributed by atoms with E-state index in [1.165, 1.54) is 46.8 Å². The molecule has 2 aromatic heterocycles. The Morgan fingerprint density at radius 3 is 2.40 bits per heavy atom. The molecule has 220 valence electrons. The van der Waals surface area contributed by atoms with Crippen molar-refractivity contribution in [3.05, 3.63) is 99.0 Å². The lowest BCUT2D eigenvalue weighted by atomic mass is 9.97. The molecule has 43 heavy (non-hydrogen) atoms. The van der Waals surface area contributed by atoms with Crippen LogP contribution < -0.4 is 4.74 Å². The van der Waals surface area contributed by atoms with Gasteiger partial charge in [0.1, 0.15) is 11.5 Å². The van der Waals surface area contributed by atoms with Crippen LogP contribution in [0.1, 0.15) is 59.7 Å². The van der Waals surface area contributed by atoms with Crippen molar-refractivity contribution >= 4 is 33.8 Å². The second kappa shape index (κ2) is 13.3. The molecular weight excluding hydrogens is 572 g/mol. The van der Waals surface area contributed by atoms with Crippen LogP contribution in [0, 0.1) is 11.3 Å². The van der Waals surface area contributed by atoms with Crippen molar-refractivity contribution in [2.75, 3.05) is 19.6 Å². The summed E-state index contributed by atoms with van der Waals surface area (Å²) in [7, 11) is 2.13. The highest BCUT2D eigenvalue weighted by Gasteiger charge is 2.24. The van der Waals surface area contributed by atoms with Crippen LogP contribution in [0.15, 0.2) is 72.8 Å². The minimum absolute atomic E-state index is 0.543. The molecule has 5 aromatic rings. The number of likely N-dealkylation sites (tertiary alicyclic amines) is 1. The number of nitriles is 1. The van der Waals surface area contributed by atoms with Crippen molar-refractivity contribution in [1.82, 2.24) is 14.5 Å². The third kappa shape index (κ3) is 6.80. The lowest BCUT2D eigenvalue weighted by Crippen LogP contribution is -2.33. The first-order valence-electron chi connectivity index (χ1n) is 15.2. The van der Waals surface area contributed by atoms with Gasteiger partial charge in [-0.05, 0) is 131 Å². The van der Waals surface area contributed by atoms with Gasteiger partial charge < -0.3 is 14.2 Å². The van der Waals surface area contributed by atoms with Gasteiger partial charge in [-0.15, -0.1) is 11.3 Å². The summed E-state index contributed by atoms with van der Waals surface area (Å²) in [5.74, 6) is 2.12. The fraction of sp³-hybridized carbons (Fsp3) is 0.333. The fourth-order valence-electron chi connectivity index (χ4n) is 6.09. The third-order valence-electron chi connectivity index (χ3n) is 8.58. The van der Waals surface area contributed by atoms with E-state index >= 15 is 0 Å². The van der Waals surface area contributed by atoms with Crippen molar-refractivity contribution in [3.8, 4) is 28.8 Å². The Morgan fingerprint density at radius 2 is 1.70 bits per heavy atom. The van der Waals surface area contributed by atoms with E-state index in [2.05, 4.69) is 53.8 Å². The minimum atomic E-state index is 0.543. The molecule has 0 bridgehead atoms. The largest absolute Gasteiger partial charge is 0.457 e. The molecule has 5 nitrogen and oxygen atoms in total. The number of fused-ring (bicyclic) bond motifs is 1. The molecule has 3 heterocycles. The third-order valence-corrected chi connectivity index (χ3v) is 10.2. The van der Waals surface area contributed by atoms with Crippen molar-refractivity contribution < 1.29 is 4.74 Å². The van der Waals surface area contributed by atoms with Crippen LogP contribution in [0.3, 0.4) is 0 Å². The molecule has 1 aliphatic rings. The summed E-state index contributed by atoms with van der Waals surface area (Å²) in [6.45, 7) is 5.66. The number of nitrogens with zero attached hydrogens (tertiary/aromatic N) is 4. The van der Waals surface area contributed by atoms with Gasteiger partial charge in [0.15, 0.2) is 0 Å². The molecule has 0 unspecified atom stereocenters. The average Bonchev–Trinajstić information content (AvgIpc) is 3.61. The molecular formula is C36H37ClN4OS. The Morgan fingerprint density at radius 1 is 0.977 bits per heavy atom. The molecule has 0 spiro atoms. The number of hydrogen-bond acceptors (Lipinski definition) is 5. The first kappa shape index (κ1) is 29.4. The number of ether oxygens (including phenoxy) is 1. The molecule has 1 fully saturated rings. The normalized spacial score (nSPS) is 14.3. The highest BCUT2D eigenvalue weighted by Crippen LogP contribution is 2.37. The SMILES string of the molecule is CCc1sc(C2CCN(CCCCc3cc4cc(C#N)ccc4n3C)CC2)nc1-c1ccc(Oc2ccc(Cl)cc2)cc1. The second-order valence-electron chi connectivity index (χ2n) is 11.4. The lowest BCUT2D eigenvalue weighted by Gasteiger charge is -2.31. The molecule has 7 heteroatoms. The zero-order valence-corrected chi connectivity index (χ0v) is 26.4. The van der Waals surface area contributed by atoms with E-state index in [0.29, 0.717) is 10.9 Å². The van der Waals surface area contributed by atoms with E-state index in [9.17, 15) is 5.26 Å². The summed E-state index contributed by atoms with van der Waals surface area (Å²) in [6.07, 6.45) is 6.79.